The van der Waals surface area contributed by atoms with Crippen molar-refractivity contribution in [1.29, 1.82) is 0 Å². The molecular weight excluding hydrogens is 170 g/mol. The number of nitrogens with one attached hydrogen (secondary N) is 1. The van der Waals surface area contributed by atoms with Gasteiger partial charge in [0, 0.05) is 12.1 Å². The molecule has 0 aliphatic heterocycles. The molecule has 0 atom stereocenters. The normalized spacial score (nSPS) is 13.0. The van der Waals surface area contributed by atoms with E-state index in [0.29, 0.717) is 6.54 Å². The van der Waals surface area contributed by atoms with Gasteiger partial charge in [-0.3, -0.25) is 4.79 Å². The summed E-state index contributed by atoms with van der Waals surface area (Å²) in [6.07, 6.45) is 0.0690. The molecule has 0 amide bonds. The van der Waals surface area contributed by atoms with Crippen LogP contribution in [0.4, 0.5) is 0 Å². The maximum atomic E-state index is 10.2. The number of aliphatic carboxylic acids is 1. The molecule has 0 aromatic carbocycles. The third-order valence-electron chi connectivity index (χ3n) is 2.44. The summed E-state index contributed by atoms with van der Waals surface area (Å²) in [6.45, 7) is 7.44. The van der Waals surface area contributed by atoms with Gasteiger partial charge in [0.05, 0.1) is 12.0 Å². The SMILES string of the molecule is CC(C)(O)C(C)(C)NCCC(=O)O. The number of carboxylic acids is 1. The Bertz CT molecular complexity index is 182. The molecule has 0 bridgehead atoms. The lowest BCUT2D eigenvalue weighted by Crippen LogP contribution is -2.56. The third kappa shape index (κ3) is 4.24. The van der Waals surface area contributed by atoms with Crippen molar-refractivity contribution < 1.29 is 15.0 Å². The zero-order chi connectivity index (χ0) is 10.7. The Morgan fingerprint density at radius 2 is 1.77 bits per heavy atom. The maximum Gasteiger partial charge on any atom is 0.304 e. The van der Waals surface area contributed by atoms with Crippen LogP contribution in [0.1, 0.15) is 34.1 Å². The Morgan fingerprint density at radius 1 is 1.31 bits per heavy atom. The molecule has 78 valence electrons. The van der Waals surface area contributed by atoms with E-state index in [1.807, 2.05) is 13.8 Å². The predicted octanol–water partition coefficient (Wildman–Crippen LogP) is 0.600. The summed E-state index contributed by atoms with van der Waals surface area (Å²) in [5, 5.41) is 21.1. The average molecular weight is 189 g/mol. The van der Waals surface area contributed by atoms with Gasteiger partial charge in [-0.05, 0) is 27.7 Å². The monoisotopic (exact) mass is 189 g/mol. The molecule has 0 spiro atoms. The molecule has 13 heavy (non-hydrogen) atoms. The molecule has 0 saturated heterocycles. The first-order chi connectivity index (χ1) is 5.67. The Labute approximate surface area is 79.0 Å². The summed E-state index contributed by atoms with van der Waals surface area (Å²) >= 11 is 0. The summed E-state index contributed by atoms with van der Waals surface area (Å²) in [5.41, 5.74) is -1.35. The zero-order valence-electron chi connectivity index (χ0n) is 8.72. The van der Waals surface area contributed by atoms with Crippen molar-refractivity contribution >= 4 is 5.97 Å². The van der Waals surface area contributed by atoms with Crippen molar-refractivity contribution in [2.24, 2.45) is 0 Å². The second-order valence-electron chi connectivity index (χ2n) is 4.25. The first-order valence-electron chi connectivity index (χ1n) is 4.36. The molecule has 0 aromatic rings. The summed E-state index contributed by atoms with van der Waals surface area (Å²) in [5.74, 6) is -0.834. The van der Waals surface area contributed by atoms with Gasteiger partial charge in [0.25, 0.3) is 0 Å². The minimum atomic E-state index is -0.870. The van der Waals surface area contributed by atoms with E-state index < -0.39 is 17.1 Å². The number of aliphatic hydroxyl groups is 1. The Morgan fingerprint density at radius 3 is 2.08 bits per heavy atom. The standard InChI is InChI=1S/C9H19NO3/c1-8(2,9(3,4)13)10-6-5-7(11)12/h10,13H,5-6H2,1-4H3,(H,11,12). The van der Waals surface area contributed by atoms with Crippen LogP contribution in [-0.4, -0.2) is 33.9 Å². The van der Waals surface area contributed by atoms with E-state index in [-0.39, 0.29) is 6.42 Å². The summed E-state index contributed by atoms with van der Waals surface area (Å²) < 4.78 is 0. The number of hydrogen-bond donors (Lipinski definition) is 3. The van der Waals surface area contributed by atoms with Crippen molar-refractivity contribution in [3.63, 3.8) is 0 Å². The van der Waals surface area contributed by atoms with Gasteiger partial charge >= 0.3 is 5.97 Å². The van der Waals surface area contributed by atoms with Crippen LogP contribution in [0.25, 0.3) is 0 Å². The molecule has 0 rings (SSSR count). The molecule has 0 aliphatic carbocycles. The summed E-state index contributed by atoms with van der Waals surface area (Å²) in [6, 6.07) is 0. The zero-order valence-corrected chi connectivity index (χ0v) is 8.72. The highest BCUT2D eigenvalue weighted by atomic mass is 16.4. The molecule has 0 aromatic heterocycles. The molecule has 0 fully saturated rings. The Kier molecular flexibility index (Phi) is 3.88. The molecule has 0 unspecified atom stereocenters. The largest absolute Gasteiger partial charge is 0.481 e. The van der Waals surface area contributed by atoms with Crippen LogP contribution in [0.5, 0.6) is 0 Å². The van der Waals surface area contributed by atoms with Gasteiger partial charge in [-0.1, -0.05) is 0 Å². The van der Waals surface area contributed by atoms with Crippen molar-refractivity contribution in [2.75, 3.05) is 6.54 Å². The molecular formula is C9H19NO3. The number of carboxylic acid groups (broad SMARTS) is 1. The fourth-order valence-corrected chi connectivity index (χ4v) is 0.698. The molecule has 4 heteroatoms. The van der Waals surface area contributed by atoms with E-state index >= 15 is 0 Å². The Hall–Kier alpha value is -0.610. The van der Waals surface area contributed by atoms with Crippen molar-refractivity contribution in [3.05, 3.63) is 0 Å². The highest BCUT2D eigenvalue weighted by molar-refractivity contribution is 5.66. The van der Waals surface area contributed by atoms with Gasteiger partial charge in [-0.2, -0.15) is 0 Å². The second-order valence-corrected chi connectivity index (χ2v) is 4.25. The van der Waals surface area contributed by atoms with Crippen molar-refractivity contribution in [2.45, 2.75) is 45.3 Å². The van der Waals surface area contributed by atoms with Gasteiger partial charge in [0.15, 0.2) is 0 Å². The van der Waals surface area contributed by atoms with Crippen LogP contribution in [0.15, 0.2) is 0 Å². The van der Waals surface area contributed by atoms with E-state index in [0.717, 1.165) is 0 Å². The quantitative estimate of drug-likeness (QED) is 0.592. The smallest absolute Gasteiger partial charge is 0.304 e. The van der Waals surface area contributed by atoms with Crippen LogP contribution < -0.4 is 5.32 Å². The van der Waals surface area contributed by atoms with Crippen LogP contribution in [0.2, 0.25) is 0 Å². The first-order valence-corrected chi connectivity index (χ1v) is 4.36. The van der Waals surface area contributed by atoms with E-state index in [1.165, 1.54) is 0 Å². The van der Waals surface area contributed by atoms with Gasteiger partial charge in [-0.15, -0.1) is 0 Å². The van der Waals surface area contributed by atoms with E-state index in [9.17, 15) is 9.90 Å². The predicted molar refractivity (Wildman–Crippen MR) is 50.6 cm³/mol. The van der Waals surface area contributed by atoms with E-state index in [2.05, 4.69) is 5.32 Å². The molecule has 0 radical (unpaired) electrons. The Balaban J connectivity index is 3.97. The van der Waals surface area contributed by atoms with Gasteiger partial charge in [0.1, 0.15) is 0 Å². The molecule has 0 heterocycles. The highest BCUT2D eigenvalue weighted by Crippen LogP contribution is 2.19. The fourth-order valence-electron chi connectivity index (χ4n) is 0.698. The minimum Gasteiger partial charge on any atom is -0.481 e. The summed E-state index contributed by atoms with van der Waals surface area (Å²) in [4.78, 5) is 10.2. The average Bonchev–Trinajstić information content (AvgIpc) is 1.82. The van der Waals surface area contributed by atoms with Gasteiger partial charge < -0.3 is 15.5 Å². The fraction of sp³-hybridized carbons (Fsp3) is 0.889. The first kappa shape index (κ1) is 12.4. The van der Waals surface area contributed by atoms with Crippen LogP contribution in [0.3, 0.4) is 0 Å². The number of rotatable bonds is 5. The third-order valence-corrected chi connectivity index (χ3v) is 2.44. The van der Waals surface area contributed by atoms with Crippen LogP contribution >= 0.6 is 0 Å². The van der Waals surface area contributed by atoms with E-state index in [1.54, 1.807) is 13.8 Å². The number of carbonyl (C=O) groups is 1. The molecule has 4 nitrogen and oxygen atoms in total. The van der Waals surface area contributed by atoms with Gasteiger partial charge in [-0.25, -0.2) is 0 Å². The van der Waals surface area contributed by atoms with Crippen LogP contribution in [-0.2, 0) is 4.79 Å². The molecule has 3 N–H and O–H groups in total. The topological polar surface area (TPSA) is 69.6 Å². The van der Waals surface area contributed by atoms with Crippen molar-refractivity contribution in [3.8, 4) is 0 Å². The van der Waals surface area contributed by atoms with Crippen LogP contribution in [0, 0.1) is 0 Å². The minimum absolute atomic E-state index is 0.0690. The summed E-state index contributed by atoms with van der Waals surface area (Å²) in [7, 11) is 0. The maximum absolute atomic E-state index is 10.2. The van der Waals surface area contributed by atoms with Crippen molar-refractivity contribution in [1.82, 2.24) is 5.32 Å². The molecule has 0 aliphatic rings. The lowest BCUT2D eigenvalue weighted by Gasteiger charge is -2.38. The highest BCUT2D eigenvalue weighted by Gasteiger charge is 2.34. The second kappa shape index (κ2) is 4.07. The van der Waals surface area contributed by atoms with Gasteiger partial charge in [0.2, 0.25) is 0 Å². The molecule has 0 saturated carbocycles. The lowest BCUT2D eigenvalue weighted by molar-refractivity contribution is -0.137. The number of hydrogen-bond acceptors (Lipinski definition) is 3. The lowest BCUT2D eigenvalue weighted by atomic mass is 9.86. The van der Waals surface area contributed by atoms with E-state index in [4.69, 9.17) is 5.11 Å².